The van der Waals surface area contributed by atoms with E-state index in [0.717, 1.165) is 5.57 Å². The van der Waals surface area contributed by atoms with Crippen LogP contribution in [0.2, 0.25) is 0 Å². The van der Waals surface area contributed by atoms with Crippen LogP contribution in [0, 0.1) is 0 Å². The summed E-state index contributed by atoms with van der Waals surface area (Å²) in [7, 11) is 0. The van der Waals surface area contributed by atoms with Crippen molar-refractivity contribution in [2.45, 2.75) is 6.92 Å². The predicted molar refractivity (Wildman–Crippen MR) is 30.3 cm³/mol. The number of allylic oxidation sites excluding steroid dienone is 2. The van der Waals surface area contributed by atoms with Gasteiger partial charge in [0.2, 0.25) is 0 Å². The van der Waals surface area contributed by atoms with Gasteiger partial charge in [-0.2, -0.15) is 0 Å². The summed E-state index contributed by atoms with van der Waals surface area (Å²) in [6, 6.07) is 0. The highest BCUT2D eigenvalue weighted by Gasteiger charge is 1.59. The first-order chi connectivity index (χ1) is 3.27. The van der Waals surface area contributed by atoms with E-state index in [1.165, 1.54) is 0 Å². The van der Waals surface area contributed by atoms with Gasteiger partial charge < -0.3 is 0 Å². The fourth-order valence-corrected chi connectivity index (χ4v) is 0. The molecular weight excluding hydrogens is 92.1 g/mol. The molecule has 0 aliphatic heterocycles. The van der Waals surface area contributed by atoms with E-state index >= 15 is 0 Å². The molecule has 0 bridgehead atoms. The fraction of sp³-hybridized carbons (Fsp3) is 0.200. The highest BCUT2D eigenvalue weighted by Crippen LogP contribution is 1.81. The lowest BCUT2D eigenvalue weighted by molar-refractivity contribution is -0.176. The van der Waals surface area contributed by atoms with Gasteiger partial charge in [0.25, 0.3) is 0 Å². The van der Waals surface area contributed by atoms with E-state index < -0.39 is 0 Å². The molecule has 0 saturated carbocycles. The molecule has 0 aliphatic carbocycles. The summed E-state index contributed by atoms with van der Waals surface area (Å²) in [5.41, 5.74) is 1.02. The van der Waals surface area contributed by atoms with Gasteiger partial charge in [0.15, 0.2) is 0 Å². The van der Waals surface area contributed by atoms with Crippen LogP contribution < -0.4 is 0 Å². The Morgan fingerprint density at radius 2 is 1.71 bits per heavy atom. The second kappa shape index (κ2) is 9.04. The Balaban J connectivity index is 0. The maximum Gasteiger partial charge on any atom is -0.0404 e. The molecule has 7 heavy (non-hydrogen) atoms. The van der Waals surface area contributed by atoms with Gasteiger partial charge in [-0.3, -0.25) is 10.5 Å². The van der Waals surface area contributed by atoms with Crippen molar-refractivity contribution in [3.8, 4) is 0 Å². The average Bonchev–Trinajstić information content (AvgIpc) is 1.73. The molecule has 0 heterocycles. The van der Waals surface area contributed by atoms with E-state index in [-0.39, 0.29) is 0 Å². The Morgan fingerprint density at radius 3 is 1.71 bits per heavy atom. The molecule has 0 amide bonds. The molecule has 0 aromatic heterocycles. The molecule has 2 N–H and O–H groups in total. The maximum atomic E-state index is 6.00. The van der Waals surface area contributed by atoms with Gasteiger partial charge in [-0.25, -0.2) is 0 Å². The van der Waals surface area contributed by atoms with Gasteiger partial charge >= 0.3 is 0 Å². The van der Waals surface area contributed by atoms with E-state index in [1.54, 1.807) is 6.08 Å². The molecule has 0 radical (unpaired) electrons. The van der Waals surface area contributed by atoms with Gasteiger partial charge in [0.05, 0.1) is 0 Å². The Labute approximate surface area is 43.3 Å². The van der Waals surface area contributed by atoms with Crippen molar-refractivity contribution in [1.29, 1.82) is 0 Å². The van der Waals surface area contributed by atoms with Crippen LogP contribution in [0.3, 0.4) is 0 Å². The summed E-state index contributed by atoms with van der Waals surface area (Å²) in [4.78, 5) is 0. The van der Waals surface area contributed by atoms with Gasteiger partial charge in [0.1, 0.15) is 0 Å². The molecule has 0 saturated heterocycles. The molecule has 2 nitrogen and oxygen atoms in total. The smallest absolute Gasteiger partial charge is 0.0404 e. The predicted octanol–water partition coefficient (Wildman–Crippen LogP) is 1.77. The van der Waals surface area contributed by atoms with E-state index in [2.05, 4.69) is 13.2 Å². The van der Waals surface area contributed by atoms with Gasteiger partial charge in [-0.05, 0) is 6.92 Å². The number of hydrogen-bond donors (Lipinski definition) is 2. The number of hydrogen-bond acceptors (Lipinski definition) is 2. The summed E-state index contributed by atoms with van der Waals surface area (Å²) < 4.78 is 0. The highest BCUT2D eigenvalue weighted by atomic mass is 17.0. The summed E-state index contributed by atoms with van der Waals surface area (Å²) in [6.07, 6.45) is 1.72. The molecule has 0 aromatic carbocycles. The average molecular weight is 102 g/mol. The van der Waals surface area contributed by atoms with E-state index in [4.69, 9.17) is 10.5 Å². The third-order valence-corrected chi connectivity index (χ3v) is 0.348. The first kappa shape index (κ1) is 9.64. The van der Waals surface area contributed by atoms with Crippen LogP contribution in [0.4, 0.5) is 0 Å². The summed E-state index contributed by atoms with van der Waals surface area (Å²) in [5, 5.41) is 12.0. The first-order valence-electron chi connectivity index (χ1n) is 1.75. The molecule has 0 atom stereocenters. The lowest BCUT2D eigenvalue weighted by Crippen LogP contribution is -1.50. The molecule has 0 aliphatic rings. The Hall–Kier alpha value is -0.600. The van der Waals surface area contributed by atoms with Gasteiger partial charge in [-0.1, -0.05) is 24.8 Å². The van der Waals surface area contributed by atoms with Crippen LogP contribution in [0.1, 0.15) is 6.92 Å². The van der Waals surface area contributed by atoms with Crippen LogP contribution >= 0.6 is 0 Å². The summed E-state index contributed by atoms with van der Waals surface area (Å²) in [6.45, 7) is 8.93. The lowest BCUT2D eigenvalue weighted by atomic mass is 10.4. The first-order valence-corrected chi connectivity index (χ1v) is 1.75. The monoisotopic (exact) mass is 102 g/mol. The molecular formula is C5H10O2. The molecule has 0 spiro atoms. The van der Waals surface area contributed by atoms with Crippen LogP contribution in [0.25, 0.3) is 0 Å². The van der Waals surface area contributed by atoms with E-state index in [0.29, 0.717) is 0 Å². The van der Waals surface area contributed by atoms with Crippen molar-refractivity contribution >= 4 is 0 Å². The van der Waals surface area contributed by atoms with Gasteiger partial charge in [0, 0.05) is 0 Å². The Morgan fingerprint density at radius 1 is 1.57 bits per heavy atom. The van der Waals surface area contributed by atoms with Crippen LogP contribution in [-0.4, -0.2) is 10.5 Å². The largest absolute Gasteiger partial charge is 0.255 e. The second-order valence-corrected chi connectivity index (χ2v) is 1.05. The normalized spacial score (nSPS) is 5.57. The van der Waals surface area contributed by atoms with Crippen molar-refractivity contribution in [2.24, 2.45) is 0 Å². The van der Waals surface area contributed by atoms with Crippen molar-refractivity contribution in [3.63, 3.8) is 0 Å². The minimum atomic E-state index is 1.02. The molecule has 42 valence electrons. The fourth-order valence-electron chi connectivity index (χ4n) is 0. The highest BCUT2D eigenvalue weighted by molar-refractivity contribution is 5.05. The second-order valence-electron chi connectivity index (χ2n) is 1.05. The zero-order valence-corrected chi connectivity index (χ0v) is 4.39. The van der Waals surface area contributed by atoms with E-state index in [1.807, 2.05) is 6.92 Å². The third-order valence-electron chi connectivity index (χ3n) is 0.348. The van der Waals surface area contributed by atoms with Crippen molar-refractivity contribution in [2.75, 3.05) is 0 Å². The quantitative estimate of drug-likeness (QED) is 0.301. The Kier molecular flexibility index (Phi) is 12.5. The lowest BCUT2D eigenvalue weighted by Gasteiger charge is -1.71. The minimum Gasteiger partial charge on any atom is -0.255 e. The van der Waals surface area contributed by atoms with Crippen LogP contribution in [0.15, 0.2) is 24.8 Å². The SMILES string of the molecule is C=CC(=C)C.OO. The maximum absolute atomic E-state index is 6.00. The minimum absolute atomic E-state index is 1.02. The zero-order chi connectivity index (χ0) is 6.28. The molecule has 2 heteroatoms. The summed E-state index contributed by atoms with van der Waals surface area (Å²) >= 11 is 0. The van der Waals surface area contributed by atoms with Gasteiger partial charge in [-0.15, -0.1) is 0 Å². The summed E-state index contributed by atoms with van der Waals surface area (Å²) in [5.74, 6) is 0. The molecule has 0 aromatic rings. The number of rotatable bonds is 1. The van der Waals surface area contributed by atoms with Crippen molar-refractivity contribution < 1.29 is 10.5 Å². The standard InChI is InChI=1S/C5H8.H2O2/c1-4-5(2)3;1-2/h4H,1-2H2,3H3;1-2H. The molecule has 0 rings (SSSR count). The molecule has 0 unspecified atom stereocenters. The Bertz CT molecular complexity index is 57.1. The molecule has 0 fully saturated rings. The van der Waals surface area contributed by atoms with Crippen LogP contribution in [0.5, 0.6) is 0 Å². The zero-order valence-electron chi connectivity index (χ0n) is 4.39. The van der Waals surface area contributed by atoms with Crippen LogP contribution in [-0.2, 0) is 0 Å². The topological polar surface area (TPSA) is 40.5 Å². The third kappa shape index (κ3) is 31.8. The van der Waals surface area contributed by atoms with Crippen molar-refractivity contribution in [3.05, 3.63) is 24.8 Å². The van der Waals surface area contributed by atoms with Crippen molar-refractivity contribution in [1.82, 2.24) is 0 Å². The van der Waals surface area contributed by atoms with E-state index in [9.17, 15) is 0 Å².